The number of pyridine rings is 1. The molecule has 0 bridgehead atoms. The summed E-state index contributed by atoms with van der Waals surface area (Å²) in [6.07, 6.45) is 4.87. The summed E-state index contributed by atoms with van der Waals surface area (Å²) in [6.45, 7) is 0. The summed E-state index contributed by atoms with van der Waals surface area (Å²) in [6, 6.07) is 3.92. The molecule has 1 rings (SSSR count). The molecule has 0 aliphatic rings. The van der Waals surface area contributed by atoms with Crippen LogP contribution < -0.4 is 0 Å². The summed E-state index contributed by atoms with van der Waals surface area (Å²) in [5, 5.41) is 0. The molecule has 14 heavy (non-hydrogen) atoms. The highest BCUT2D eigenvalue weighted by Crippen LogP contribution is 2.17. The Morgan fingerprint density at radius 3 is 2.86 bits per heavy atom. The van der Waals surface area contributed by atoms with E-state index in [2.05, 4.69) is 9.72 Å². The van der Waals surface area contributed by atoms with Crippen LogP contribution in [0.3, 0.4) is 0 Å². The summed E-state index contributed by atoms with van der Waals surface area (Å²) >= 11 is 1.73. The van der Waals surface area contributed by atoms with Crippen molar-refractivity contribution in [3.05, 3.63) is 24.5 Å². The van der Waals surface area contributed by atoms with Gasteiger partial charge in [0, 0.05) is 23.7 Å². The molecule has 0 saturated heterocycles. The molecular weight excluding hydrogens is 198 g/mol. The first-order valence-electron chi connectivity index (χ1n) is 4.42. The number of hydrogen-bond acceptors (Lipinski definition) is 4. The van der Waals surface area contributed by atoms with E-state index >= 15 is 0 Å². The van der Waals surface area contributed by atoms with Crippen LogP contribution >= 0.6 is 11.8 Å². The van der Waals surface area contributed by atoms with E-state index in [-0.39, 0.29) is 5.97 Å². The molecular formula is C10H13NO2S. The van der Waals surface area contributed by atoms with Crippen molar-refractivity contribution in [2.24, 2.45) is 0 Å². The van der Waals surface area contributed by atoms with Gasteiger partial charge >= 0.3 is 5.97 Å². The van der Waals surface area contributed by atoms with Crippen LogP contribution in [0.25, 0.3) is 0 Å². The van der Waals surface area contributed by atoms with Gasteiger partial charge in [-0.25, -0.2) is 0 Å². The topological polar surface area (TPSA) is 39.2 Å². The standard InChI is InChI=1S/C10H13NO2S/c1-13-10(12)3-2-8-14-9-4-6-11-7-5-9/h4-7H,2-3,8H2,1H3. The fourth-order valence-corrected chi connectivity index (χ4v) is 1.78. The smallest absolute Gasteiger partial charge is 0.305 e. The van der Waals surface area contributed by atoms with Crippen molar-refractivity contribution in [1.82, 2.24) is 4.98 Å². The van der Waals surface area contributed by atoms with E-state index in [4.69, 9.17) is 0 Å². The van der Waals surface area contributed by atoms with E-state index in [1.54, 1.807) is 24.2 Å². The first kappa shape index (κ1) is 11.0. The van der Waals surface area contributed by atoms with Gasteiger partial charge in [-0.15, -0.1) is 11.8 Å². The number of ether oxygens (including phenoxy) is 1. The minimum Gasteiger partial charge on any atom is -0.469 e. The fourth-order valence-electron chi connectivity index (χ4n) is 0.943. The maximum atomic E-state index is 10.8. The normalized spacial score (nSPS) is 9.79. The predicted octanol–water partition coefficient (Wildman–Crippen LogP) is 2.13. The number of carbonyl (C=O) groups excluding carboxylic acids is 1. The molecule has 0 atom stereocenters. The van der Waals surface area contributed by atoms with Crippen molar-refractivity contribution in [1.29, 1.82) is 0 Å². The molecule has 1 aromatic heterocycles. The SMILES string of the molecule is COC(=O)CCCSc1ccncc1. The van der Waals surface area contributed by atoms with Crippen molar-refractivity contribution in [3.63, 3.8) is 0 Å². The average molecular weight is 211 g/mol. The lowest BCUT2D eigenvalue weighted by Crippen LogP contribution is -1.99. The monoisotopic (exact) mass is 211 g/mol. The summed E-state index contributed by atoms with van der Waals surface area (Å²) in [5.41, 5.74) is 0. The number of esters is 1. The molecule has 0 amide bonds. The quantitative estimate of drug-likeness (QED) is 0.425. The molecule has 3 nitrogen and oxygen atoms in total. The van der Waals surface area contributed by atoms with Crippen LogP contribution in [0.5, 0.6) is 0 Å². The van der Waals surface area contributed by atoms with Crippen molar-refractivity contribution < 1.29 is 9.53 Å². The first-order chi connectivity index (χ1) is 6.83. The Morgan fingerprint density at radius 2 is 2.21 bits per heavy atom. The van der Waals surface area contributed by atoms with E-state index in [0.717, 1.165) is 12.2 Å². The number of rotatable bonds is 5. The van der Waals surface area contributed by atoms with Gasteiger partial charge in [0.15, 0.2) is 0 Å². The van der Waals surface area contributed by atoms with E-state index in [0.29, 0.717) is 6.42 Å². The highest BCUT2D eigenvalue weighted by atomic mass is 32.2. The highest BCUT2D eigenvalue weighted by molar-refractivity contribution is 7.99. The molecule has 0 aliphatic carbocycles. The Kier molecular flexibility index (Phi) is 5.07. The van der Waals surface area contributed by atoms with Gasteiger partial charge in [0.1, 0.15) is 0 Å². The van der Waals surface area contributed by atoms with Crippen LogP contribution in [-0.2, 0) is 9.53 Å². The van der Waals surface area contributed by atoms with Crippen molar-refractivity contribution in [2.45, 2.75) is 17.7 Å². The minimum atomic E-state index is -0.139. The number of aromatic nitrogens is 1. The second-order valence-corrected chi connectivity index (χ2v) is 3.88. The summed E-state index contributed by atoms with van der Waals surface area (Å²) in [5.74, 6) is 0.791. The van der Waals surface area contributed by atoms with E-state index in [9.17, 15) is 4.79 Å². The lowest BCUT2D eigenvalue weighted by Gasteiger charge is -2.00. The molecule has 1 aromatic rings. The molecule has 0 spiro atoms. The van der Waals surface area contributed by atoms with Crippen LogP contribution in [0.1, 0.15) is 12.8 Å². The molecule has 1 heterocycles. The number of methoxy groups -OCH3 is 1. The second-order valence-electron chi connectivity index (χ2n) is 2.71. The number of nitrogens with zero attached hydrogens (tertiary/aromatic N) is 1. The lowest BCUT2D eigenvalue weighted by atomic mass is 10.3. The Balaban J connectivity index is 2.13. The zero-order chi connectivity index (χ0) is 10.2. The van der Waals surface area contributed by atoms with Crippen molar-refractivity contribution in [3.8, 4) is 0 Å². The van der Waals surface area contributed by atoms with E-state index in [1.807, 2.05) is 12.1 Å². The predicted molar refractivity (Wildman–Crippen MR) is 56.2 cm³/mol. The van der Waals surface area contributed by atoms with Crippen molar-refractivity contribution in [2.75, 3.05) is 12.9 Å². The van der Waals surface area contributed by atoms with Gasteiger partial charge in [-0.1, -0.05) is 0 Å². The summed E-state index contributed by atoms with van der Waals surface area (Å²) < 4.78 is 4.54. The molecule has 0 aromatic carbocycles. The lowest BCUT2D eigenvalue weighted by molar-refractivity contribution is -0.140. The van der Waals surface area contributed by atoms with Crippen LogP contribution in [0.15, 0.2) is 29.4 Å². The Bertz CT molecular complexity index is 277. The number of carbonyl (C=O) groups is 1. The number of thioether (sulfide) groups is 1. The molecule has 4 heteroatoms. The molecule has 0 N–H and O–H groups in total. The molecule has 76 valence electrons. The zero-order valence-electron chi connectivity index (χ0n) is 8.10. The summed E-state index contributed by atoms with van der Waals surface area (Å²) in [7, 11) is 1.42. The third-order valence-electron chi connectivity index (χ3n) is 1.67. The van der Waals surface area contributed by atoms with Crippen LogP contribution in [-0.4, -0.2) is 23.8 Å². The van der Waals surface area contributed by atoms with Gasteiger partial charge in [-0.3, -0.25) is 9.78 Å². The third kappa shape index (κ3) is 4.28. The Morgan fingerprint density at radius 1 is 1.50 bits per heavy atom. The second kappa shape index (κ2) is 6.43. The van der Waals surface area contributed by atoms with E-state index in [1.165, 1.54) is 12.0 Å². The Hall–Kier alpha value is -1.03. The maximum absolute atomic E-state index is 10.8. The average Bonchev–Trinajstić information content (AvgIpc) is 2.25. The van der Waals surface area contributed by atoms with Gasteiger partial charge < -0.3 is 4.74 Å². The van der Waals surface area contributed by atoms with Gasteiger partial charge in [0.2, 0.25) is 0 Å². The number of hydrogen-bond donors (Lipinski definition) is 0. The molecule has 0 fully saturated rings. The third-order valence-corrected chi connectivity index (χ3v) is 2.77. The molecule has 0 radical (unpaired) electrons. The van der Waals surface area contributed by atoms with Gasteiger partial charge in [-0.05, 0) is 24.3 Å². The highest BCUT2D eigenvalue weighted by Gasteiger charge is 1.99. The first-order valence-corrected chi connectivity index (χ1v) is 5.41. The molecule has 0 saturated carbocycles. The van der Waals surface area contributed by atoms with Gasteiger partial charge in [-0.2, -0.15) is 0 Å². The molecule has 0 aliphatic heterocycles. The summed E-state index contributed by atoms with van der Waals surface area (Å²) in [4.78, 5) is 15.9. The maximum Gasteiger partial charge on any atom is 0.305 e. The minimum absolute atomic E-state index is 0.139. The zero-order valence-corrected chi connectivity index (χ0v) is 8.92. The van der Waals surface area contributed by atoms with Crippen LogP contribution in [0.4, 0.5) is 0 Å². The van der Waals surface area contributed by atoms with Crippen molar-refractivity contribution >= 4 is 17.7 Å². The van der Waals surface area contributed by atoms with Gasteiger partial charge in [0.05, 0.1) is 7.11 Å². The van der Waals surface area contributed by atoms with E-state index < -0.39 is 0 Å². The van der Waals surface area contributed by atoms with Gasteiger partial charge in [0.25, 0.3) is 0 Å². The van der Waals surface area contributed by atoms with Crippen LogP contribution in [0, 0.1) is 0 Å². The Labute approximate surface area is 87.9 Å². The van der Waals surface area contributed by atoms with Crippen LogP contribution in [0.2, 0.25) is 0 Å². The largest absolute Gasteiger partial charge is 0.469 e. The molecule has 0 unspecified atom stereocenters. The fraction of sp³-hybridized carbons (Fsp3) is 0.400.